The highest BCUT2D eigenvalue weighted by atomic mass is 32.2. The standard InChI is InChI=1S/C12H25NS/c1-13-11-12(9-6-10-14-2)7-4-3-5-8-12/h13H,3-11H2,1-2H3. The third-order valence-corrected chi connectivity index (χ3v) is 4.22. The van der Waals surface area contributed by atoms with Crippen LogP contribution in [-0.2, 0) is 0 Å². The van der Waals surface area contributed by atoms with E-state index in [2.05, 4.69) is 18.6 Å². The van der Waals surface area contributed by atoms with Crippen molar-refractivity contribution in [2.75, 3.05) is 25.6 Å². The van der Waals surface area contributed by atoms with Gasteiger partial charge in [-0.3, -0.25) is 0 Å². The smallest absolute Gasteiger partial charge is 0.000481 e. The van der Waals surface area contributed by atoms with Gasteiger partial charge in [0.25, 0.3) is 0 Å². The lowest BCUT2D eigenvalue weighted by Crippen LogP contribution is -2.34. The monoisotopic (exact) mass is 215 g/mol. The predicted octanol–water partition coefficient (Wildman–Crippen LogP) is 3.30. The largest absolute Gasteiger partial charge is 0.319 e. The molecule has 0 bridgehead atoms. The minimum absolute atomic E-state index is 0.655. The molecule has 1 saturated carbocycles. The summed E-state index contributed by atoms with van der Waals surface area (Å²) in [4.78, 5) is 0. The van der Waals surface area contributed by atoms with Crippen molar-refractivity contribution in [2.45, 2.75) is 44.9 Å². The van der Waals surface area contributed by atoms with Gasteiger partial charge in [-0.05, 0) is 50.2 Å². The summed E-state index contributed by atoms with van der Waals surface area (Å²) in [5.41, 5.74) is 0.655. The summed E-state index contributed by atoms with van der Waals surface area (Å²) < 4.78 is 0. The maximum atomic E-state index is 3.40. The van der Waals surface area contributed by atoms with E-state index in [1.807, 2.05) is 11.8 Å². The summed E-state index contributed by atoms with van der Waals surface area (Å²) >= 11 is 1.99. The molecule has 0 saturated heterocycles. The fourth-order valence-electron chi connectivity index (χ4n) is 2.78. The van der Waals surface area contributed by atoms with Crippen LogP contribution in [0.5, 0.6) is 0 Å². The van der Waals surface area contributed by atoms with Crippen molar-refractivity contribution in [3.05, 3.63) is 0 Å². The third-order valence-electron chi connectivity index (χ3n) is 3.52. The Morgan fingerprint density at radius 3 is 2.50 bits per heavy atom. The summed E-state index contributed by atoms with van der Waals surface area (Å²) in [5, 5.41) is 3.40. The molecule has 0 atom stereocenters. The molecule has 1 aliphatic rings. The van der Waals surface area contributed by atoms with Gasteiger partial charge in [0.15, 0.2) is 0 Å². The highest BCUT2D eigenvalue weighted by Crippen LogP contribution is 2.39. The molecule has 2 heteroatoms. The molecule has 84 valence electrons. The molecule has 0 aliphatic heterocycles. The van der Waals surface area contributed by atoms with Crippen molar-refractivity contribution < 1.29 is 0 Å². The molecular weight excluding hydrogens is 190 g/mol. The minimum atomic E-state index is 0.655. The Morgan fingerprint density at radius 2 is 1.93 bits per heavy atom. The second kappa shape index (κ2) is 6.73. The van der Waals surface area contributed by atoms with Crippen molar-refractivity contribution in [2.24, 2.45) is 5.41 Å². The molecule has 0 aromatic rings. The van der Waals surface area contributed by atoms with E-state index in [4.69, 9.17) is 0 Å². The van der Waals surface area contributed by atoms with Crippen LogP contribution in [0.4, 0.5) is 0 Å². The van der Waals surface area contributed by atoms with Gasteiger partial charge in [0.2, 0.25) is 0 Å². The van der Waals surface area contributed by atoms with Gasteiger partial charge in [-0.1, -0.05) is 19.3 Å². The van der Waals surface area contributed by atoms with E-state index in [-0.39, 0.29) is 0 Å². The van der Waals surface area contributed by atoms with Gasteiger partial charge in [-0.15, -0.1) is 0 Å². The van der Waals surface area contributed by atoms with Gasteiger partial charge in [-0.2, -0.15) is 11.8 Å². The molecular formula is C12H25NS. The maximum Gasteiger partial charge on any atom is 0.000481 e. The number of hydrogen-bond acceptors (Lipinski definition) is 2. The Labute approximate surface area is 93.4 Å². The zero-order chi connectivity index (χ0) is 10.3. The zero-order valence-corrected chi connectivity index (χ0v) is 10.6. The second-order valence-electron chi connectivity index (χ2n) is 4.69. The first kappa shape index (κ1) is 12.4. The van der Waals surface area contributed by atoms with Gasteiger partial charge in [0, 0.05) is 6.54 Å². The summed E-state index contributed by atoms with van der Waals surface area (Å²) in [6.07, 6.45) is 12.4. The van der Waals surface area contributed by atoms with Crippen LogP contribution >= 0.6 is 11.8 Å². The van der Waals surface area contributed by atoms with Gasteiger partial charge < -0.3 is 5.32 Å². The van der Waals surface area contributed by atoms with E-state index in [0.29, 0.717) is 5.41 Å². The van der Waals surface area contributed by atoms with Gasteiger partial charge in [-0.25, -0.2) is 0 Å². The molecule has 14 heavy (non-hydrogen) atoms. The first-order valence-electron chi connectivity index (χ1n) is 5.96. The second-order valence-corrected chi connectivity index (χ2v) is 5.67. The average Bonchev–Trinajstić information content (AvgIpc) is 2.20. The average molecular weight is 215 g/mol. The number of hydrogen-bond donors (Lipinski definition) is 1. The molecule has 1 rings (SSSR count). The number of rotatable bonds is 6. The summed E-state index contributed by atoms with van der Waals surface area (Å²) in [5.74, 6) is 1.34. The lowest BCUT2D eigenvalue weighted by Gasteiger charge is -2.37. The Bertz CT molecular complexity index is 136. The van der Waals surface area contributed by atoms with Crippen molar-refractivity contribution in [1.29, 1.82) is 0 Å². The molecule has 1 nitrogen and oxygen atoms in total. The van der Waals surface area contributed by atoms with Gasteiger partial charge in [0.1, 0.15) is 0 Å². The van der Waals surface area contributed by atoms with Gasteiger partial charge in [0.05, 0.1) is 0 Å². The van der Waals surface area contributed by atoms with Crippen molar-refractivity contribution in [3.8, 4) is 0 Å². The van der Waals surface area contributed by atoms with Gasteiger partial charge >= 0.3 is 0 Å². The molecule has 1 N–H and O–H groups in total. The van der Waals surface area contributed by atoms with Crippen LogP contribution in [0.2, 0.25) is 0 Å². The molecule has 0 unspecified atom stereocenters. The normalized spacial score (nSPS) is 21.0. The Balaban J connectivity index is 2.34. The van der Waals surface area contributed by atoms with Crippen LogP contribution in [0.15, 0.2) is 0 Å². The molecule has 0 amide bonds. The third kappa shape index (κ3) is 3.82. The molecule has 0 aromatic carbocycles. The lowest BCUT2D eigenvalue weighted by molar-refractivity contribution is 0.169. The number of nitrogens with one attached hydrogen (secondary N) is 1. The van der Waals surface area contributed by atoms with E-state index in [1.54, 1.807) is 0 Å². The van der Waals surface area contributed by atoms with Crippen LogP contribution in [0, 0.1) is 5.41 Å². The fraction of sp³-hybridized carbons (Fsp3) is 1.00. The summed E-state index contributed by atoms with van der Waals surface area (Å²) in [6.45, 7) is 1.24. The van der Waals surface area contributed by atoms with E-state index in [0.717, 1.165) is 0 Å². The highest BCUT2D eigenvalue weighted by Gasteiger charge is 2.30. The van der Waals surface area contributed by atoms with Crippen LogP contribution < -0.4 is 5.32 Å². The zero-order valence-electron chi connectivity index (χ0n) is 9.77. The highest BCUT2D eigenvalue weighted by molar-refractivity contribution is 7.98. The topological polar surface area (TPSA) is 12.0 Å². The lowest BCUT2D eigenvalue weighted by atomic mass is 9.71. The first-order valence-corrected chi connectivity index (χ1v) is 7.36. The quantitative estimate of drug-likeness (QED) is 0.682. The molecule has 0 heterocycles. The molecule has 0 aromatic heterocycles. The summed E-state index contributed by atoms with van der Waals surface area (Å²) in [6, 6.07) is 0. The van der Waals surface area contributed by atoms with E-state index in [1.165, 1.54) is 57.2 Å². The van der Waals surface area contributed by atoms with E-state index in [9.17, 15) is 0 Å². The molecule has 0 spiro atoms. The van der Waals surface area contributed by atoms with Crippen molar-refractivity contribution >= 4 is 11.8 Å². The Hall–Kier alpha value is 0.310. The first-order chi connectivity index (χ1) is 6.83. The van der Waals surface area contributed by atoms with Crippen LogP contribution in [0.25, 0.3) is 0 Å². The van der Waals surface area contributed by atoms with Crippen LogP contribution in [-0.4, -0.2) is 25.6 Å². The molecule has 1 aliphatic carbocycles. The minimum Gasteiger partial charge on any atom is -0.319 e. The Morgan fingerprint density at radius 1 is 1.21 bits per heavy atom. The Kier molecular flexibility index (Phi) is 5.95. The van der Waals surface area contributed by atoms with Crippen LogP contribution in [0.3, 0.4) is 0 Å². The predicted molar refractivity (Wildman–Crippen MR) is 67.1 cm³/mol. The van der Waals surface area contributed by atoms with Crippen molar-refractivity contribution in [3.63, 3.8) is 0 Å². The van der Waals surface area contributed by atoms with E-state index >= 15 is 0 Å². The maximum absolute atomic E-state index is 3.40. The molecule has 0 radical (unpaired) electrons. The van der Waals surface area contributed by atoms with E-state index < -0.39 is 0 Å². The summed E-state index contributed by atoms with van der Waals surface area (Å²) in [7, 11) is 2.10. The molecule has 1 fully saturated rings. The number of thioether (sulfide) groups is 1. The van der Waals surface area contributed by atoms with Crippen molar-refractivity contribution in [1.82, 2.24) is 5.32 Å². The fourth-order valence-corrected chi connectivity index (χ4v) is 3.22. The van der Waals surface area contributed by atoms with Crippen LogP contribution in [0.1, 0.15) is 44.9 Å². The SMILES string of the molecule is CNCC1(CCCSC)CCCCC1.